The number of rotatable bonds is 4. The average molecular weight is 238 g/mol. The third kappa shape index (κ3) is 5.30. The van der Waals surface area contributed by atoms with Crippen molar-refractivity contribution in [2.75, 3.05) is 39.5 Å². The summed E-state index contributed by atoms with van der Waals surface area (Å²) >= 11 is 0. The van der Waals surface area contributed by atoms with Gasteiger partial charge in [0.1, 0.15) is 6.61 Å². The minimum atomic E-state index is -4.28. The largest absolute Gasteiger partial charge is 0.411 e. The molecule has 7 heteroatoms. The Morgan fingerprint density at radius 1 is 1.50 bits per heavy atom. The van der Waals surface area contributed by atoms with Crippen LogP contribution in [0, 0.1) is 11.3 Å². The van der Waals surface area contributed by atoms with E-state index >= 15 is 0 Å². The Morgan fingerprint density at radius 3 is 2.88 bits per heavy atom. The standard InChI is InChI=1S/C9H13F3N2O2/c10-9(11,12)7-15-3-1-14-2-4-16-8(5-13)6-14/h8H,1-4,6-7H2. The number of alkyl halides is 3. The van der Waals surface area contributed by atoms with Crippen molar-refractivity contribution in [2.45, 2.75) is 12.3 Å². The van der Waals surface area contributed by atoms with Gasteiger partial charge in [0, 0.05) is 19.6 Å². The summed E-state index contributed by atoms with van der Waals surface area (Å²) in [6, 6.07) is 1.96. The van der Waals surface area contributed by atoms with Crippen LogP contribution in [0.1, 0.15) is 0 Å². The van der Waals surface area contributed by atoms with E-state index in [0.29, 0.717) is 26.2 Å². The van der Waals surface area contributed by atoms with E-state index in [1.807, 2.05) is 11.0 Å². The number of hydrogen-bond donors (Lipinski definition) is 0. The van der Waals surface area contributed by atoms with Gasteiger partial charge in [-0.15, -0.1) is 0 Å². The van der Waals surface area contributed by atoms with Crippen LogP contribution in [-0.4, -0.2) is 56.6 Å². The normalized spacial score (nSPS) is 23.0. The predicted molar refractivity (Wildman–Crippen MR) is 48.7 cm³/mol. The van der Waals surface area contributed by atoms with Gasteiger partial charge >= 0.3 is 6.18 Å². The topological polar surface area (TPSA) is 45.5 Å². The lowest BCUT2D eigenvalue weighted by atomic mass is 10.3. The first-order chi connectivity index (χ1) is 7.51. The third-order valence-corrected chi connectivity index (χ3v) is 2.11. The van der Waals surface area contributed by atoms with Crippen molar-refractivity contribution in [3.05, 3.63) is 0 Å². The first-order valence-electron chi connectivity index (χ1n) is 4.89. The quantitative estimate of drug-likeness (QED) is 0.679. The molecule has 1 atom stereocenters. The summed E-state index contributed by atoms with van der Waals surface area (Å²) < 4.78 is 44.8. The smallest absolute Gasteiger partial charge is 0.371 e. The number of ether oxygens (including phenoxy) is 2. The lowest BCUT2D eigenvalue weighted by Crippen LogP contribution is -2.43. The van der Waals surface area contributed by atoms with Gasteiger partial charge in [-0.05, 0) is 0 Å². The number of nitrogens with zero attached hydrogens (tertiary/aromatic N) is 2. The number of nitriles is 1. The molecule has 1 heterocycles. The molecular weight excluding hydrogens is 225 g/mol. The summed E-state index contributed by atoms with van der Waals surface area (Å²) in [7, 11) is 0. The van der Waals surface area contributed by atoms with Crippen LogP contribution in [0.5, 0.6) is 0 Å². The fourth-order valence-corrected chi connectivity index (χ4v) is 1.37. The predicted octanol–water partition coefficient (Wildman–Crippen LogP) is 0.790. The Labute approximate surface area is 91.5 Å². The maximum absolute atomic E-state index is 11.7. The molecule has 0 aliphatic carbocycles. The van der Waals surface area contributed by atoms with E-state index in [9.17, 15) is 13.2 Å². The molecule has 0 bridgehead atoms. The molecule has 0 saturated carbocycles. The van der Waals surface area contributed by atoms with Gasteiger partial charge in [0.15, 0.2) is 6.10 Å². The molecule has 92 valence electrons. The molecule has 1 unspecified atom stereocenters. The van der Waals surface area contributed by atoms with Gasteiger partial charge in [-0.25, -0.2) is 0 Å². The van der Waals surface area contributed by atoms with E-state index in [1.165, 1.54) is 0 Å². The molecule has 0 radical (unpaired) electrons. The van der Waals surface area contributed by atoms with E-state index in [2.05, 4.69) is 4.74 Å². The van der Waals surface area contributed by atoms with Crippen molar-refractivity contribution < 1.29 is 22.6 Å². The molecule has 1 fully saturated rings. The zero-order chi connectivity index (χ0) is 12.0. The van der Waals surface area contributed by atoms with Crippen molar-refractivity contribution >= 4 is 0 Å². The molecule has 1 aliphatic rings. The van der Waals surface area contributed by atoms with Gasteiger partial charge in [-0.2, -0.15) is 18.4 Å². The minimum absolute atomic E-state index is 0.0116. The highest BCUT2D eigenvalue weighted by molar-refractivity contribution is 4.89. The highest BCUT2D eigenvalue weighted by atomic mass is 19.4. The highest BCUT2D eigenvalue weighted by Gasteiger charge is 2.27. The molecule has 1 saturated heterocycles. The molecule has 1 aliphatic heterocycles. The van der Waals surface area contributed by atoms with E-state index < -0.39 is 18.9 Å². The lowest BCUT2D eigenvalue weighted by molar-refractivity contribution is -0.175. The number of hydrogen-bond acceptors (Lipinski definition) is 4. The number of halogens is 3. The summed E-state index contributed by atoms with van der Waals surface area (Å²) in [6.45, 7) is 0.644. The van der Waals surface area contributed by atoms with E-state index in [-0.39, 0.29) is 6.61 Å². The van der Waals surface area contributed by atoms with Crippen LogP contribution in [0.15, 0.2) is 0 Å². The van der Waals surface area contributed by atoms with Crippen molar-refractivity contribution in [2.24, 2.45) is 0 Å². The molecule has 0 aromatic carbocycles. The summed E-state index contributed by atoms with van der Waals surface area (Å²) in [5.41, 5.74) is 0. The molecular formula is C9H13F3N2O2. The first kappa shape index (κ1) is 13.2. The summed E-state index contributed by atoms with van der Waals surface area (Å²) in [5.74, 6) is 0. The van der Waals surface area contributed by atoms with Crippen molar-refractivity contribution in [1.82, 2.24) is 4.90 Å². The minimum Gasteiger partial charge on any atom is -0.371 e. The maximum Gasteiger partial charge on any atom is 0.411 e. The van der Waals surface area contributed by atoms with Gasteiger partial charge < -0.3 is 9.47 Å². The molecule has 0 spiro atoms. The summed E-state index contributed by atoms with van der Waals surface area (Å²) in [6.07, 6.45) is -4.77. The van der Waals surface area contributed by atoms with Gasteiger partial charge in [0.25, 0.3) is 0 Å². The van der Waals surface area contributed by atoms with Crippen molar-refractivity contribution in [3.63, 3.8) is 0 Å². The lowest BCUT2D eigenvalue weighted by Gasteiger charge is -2.29. The van der Waals surface area contributed by atoms with E-state index in [1.54, 1.807) is 0 Å². The molecule has 0 N–H and O–H groups in total. The Bertz CT molecular complexity index is 252. The van der Waals surface area contributed by atoms with Crippen LogP contribution >= 0.6 is 0 Å². The molecule has 0 aromatic heterocycles. The molecule has 16 heavy (non-hydrogen) atoms. The average Bonchev–Trinajstić information content (AvgIpc) is 2.23. The van der Waals surface area contributed by atoms with Crippen LogP contribution in [0.25, 0.3) is 0 Å². The zero-order valence-electron chi connectivity index (χ0n) is 8.66. The third-order valence-electron chi connectivity index (χ3n) is 2.11. The maximum atomic E-state index is 11.7. The summed E-state index contributed by atoms with van der Waals surface area (Å²) in [5, 5.41) is 8.61. The van der Waals surface area contributed by atoms with Crippen LogP contribution in [0.4, 0.5) is 13.2 Å². The van der Waals surface area contributed by atoms with Gasteiger partial charge in [-0.1, -0.05) is 0 Å². The molecule has 0 aromatic rings. The van der Waals surface area contributed by atoms with Crippen molar-refractivity contribution in [1.29, 1.82) is 5.26 Å². The fourth-order valence-electron chi connectivity index (χ4n) is 1.37. The SMILES string of the molecule is N#CC1CN(CCOCC(F)(F)F)CCO1. The fraction of sp³-hybridized carbons (Fsp3) is 0.889. The van der Waals surface area contributed by atoms with Gasteiger partial charge in [-0.3, -0.25) is 4.90 Å². The highest BCUT2D eigenvalue weighted by Crippen LogP contribution is 2.14. The molecule has 1 rings (SSSR count). The van der Waals surface area contributed by atoms with Gasteiger partial charge in [0.05, 0.1) is 19.3 Å². The number of morpholine rings is 1. The molecule has 0 amide bonds. The monoisotopic (exact) mass is 238 g/mol. The van der Waals surface area contributed by atoms with Crippen LogP contribution in [-0.2, 0) is 9.47 Å². The second kappa shape index (κ2) is 6.03. The molecule has 4 nitrogen and oxygen atoms in total. The first-order valence-corrected chi connectivity index (χ1v) is 4.89. The Kier molecular flexibility index (Phi) is 4.99. The van der Waals surface area contributed by atoms with Gasteiger partial charge in [0.2, 0.25) is 0 Å². The van der Waals surface area contributed by atoms with E-state index in [4.69, 9.17) is 10.00 Å². The zero-order valence-corrected chi connectivity index (χ0v) is 8.66. The van der Waals surface area contributed by atoms with Crippen LogP contribution < -0.4 is 0 Å². The Balaban J connectivity index is 2.11. The van der Waals surface area contributed by atoms with Crippen LogP contribution in [0.2, 0.25) is 0 Å². The Hall–Kier alpha value is -0.840. The van der Waals surface area contributed by atoms with E-state index in [0.717, 1.165) is 0 Å². The van der Waals surface area contributed by atoms with Crippen molar-refractivity contribution in [3.8, 4) is 6.07 Å². The Morgan fingerprint density at radius 2 is 2.25 bits per heavy atom. The summed E-state index contributed by atoms with van der Waals surface area (Å²) in [4.78, 5) is 1.85. The second-order valence-corrected chi connectivity index (χ2v) is 3.46. The van der Waals surface area contributed by atoms with Crippen LogP contribution in [0.3, 0.4) is 0 Å². The second-order valence-electron chi connectivity index (χ2n) is 3.46.